The van der Waals surface area contributed by atoms with Crippen LogP contribution in [0, 0.1) is 5.92 Å². The molecule has 0 amide bonds. The Kier molecular flexibility index (Phi) is 6.07. The molecule has 0 aromatic rings. The predicted octanol–water partition coefficient (Wildman–Crippen LogP) is 1.41. The summed E-state index contributed by atoms with van der Waals surface area (Å²) >= 11 is 0. The molecular formula is C14H25NO4. The van der Waals surface area contributed by atoms with Crippen LogP contribution < -0.4 is 0 Å². The van der Waals surface area contributed by atoms with E-state index in [-0.39, 0.29) is 12.3 Å². The van der Waals surface area contributed by atoms with Crippen molar-refractivity contribution in [3.05, 3.63) is 0 Å². The maximum absolute atomic E-state index is 11.7. The van der Waals surface area contributed by atoms with Gasteiger partial charge in [-0.3, -0.25) is 9.69 Å². The molecular weight excluding hydrogens is 246 g/mol. The zero-order valence-electron chi connectivity index (χ0n) is 11.8. The molecule has 2 heterocycles. The summed E-state index contributed by atoms with van der Waals surface area (Å²) in [6, 6.07) is 0. The first-order valence-corrected chi connectivity index (χ1v) is 7.40. The van der Waals surface area contributed by atoms with Gasteiger partial charge in [-0.15, -0.1) is 0 Å². The van der Waals surface area contributed by atoms with Gasteiger partial charge in [-0.1, -0.05) is 13.3 Å². The molecule has 2 fully saturated rings. The number of unbranched alkanes of at least 4 members (excludes halogenated alkanes) is 1. The second kappa shape index (κ2) is 7.82. The Morgan fingerprint density at radius 3 is 2.89 bits per heavy atom. The zero-order valence-corrected chi connectivity index (χ0v) is 11.8. The largest absolute Gasteiger partial charge is 0.465 e. The highest BCUT2D eigenvalue weighted by Gasteiger charge is 2.31. The number of ether oxygens (including phenoxy) is 3. The van der Waals surface area contributed by atoms with Crippen LogP contribution in [0.15, 0.2) is 0 Å². The molecule has 5 nitrogen and oxygen atoms in total. The van der Waals surface area contributed by atoms with E-state index in [4.69, 9.17) is 14.2 Å². The maximum atomic E-state index is 11.7. The lowest BCUT2D eigenvalue weighted by atomic mass is 9.97. The molecule has 0 aromatic heterocycles. The highest BCUT2D eigenvalue weighted by Crippen LogP contribution is 2.24. The van der Waals surface area contributed by atoms with Crippen LogP contribution in [0.25, 0.3) is 0 Å². The van der Waals surface area contributed by atoms with Crippen molar-refractivity contribution < 1.29 is 19.0 Å². The molecule has 1 unspecified atom stereocenters. The van der Waals surface area contributed by atoms with E-state index in [1.165, 1.54) is 0 Å². The van der Waals surface area contributed by atoms with Crippen LogP contribution in [0.2, 0.25) is 0 Å². The minimum Gasteiger partial charge on any atom is -0.465 e. The van der Waals surface area contributed by atoms with Gasteiger partial charge in [0.1, 0.15) is 0 Å². The fourth-order valence-corrected chi connectivity index (χ4v) is 2.66. The van der Waals surface area contributed by atoms with Gasteiger partial charge in [-0.2, -0.15) is 0 Å². The number of hydrogen-bond acceptors (Lipinski definition) is 5. The van der Waals surface area contributed by atoms with Crippen LogP contribution in [-0.4, -0.2) is 56.6 Å². The highest BCUT2D eigenvalue weighted by molar-refractivity contribution is 5.71. The minimum atomic E-state index is -0.109. The Hall–Kier alpha value is -0.650. The molecule has 2 aliphatic rings. The normalized spacial score (nSPS) is 25.6. The number of rotatable bonds is 6. The van der Waals surface area contributed by atoms with Crippen LogP contribution in [0.5, 0.6) is 0 Å². The van der Waals surface area contributed by atoms with Crippen LogP contribution in [-0.2, 0) is 19.0 Å². The number of esters is 1. The monoisotopic (exact) mass is 271 g/mol. The Labute approximate surface area is 115 Å². The molecule has 0 saturated carbocycles. The zero-order chi connectivity index (χ0) is 13.5. The number of hydrogen-bond donors (Lipinski definition) is 0. The number of carbonyl (C=O) groups is 1. The van der Waals surface area contributed by atoms with E-state index in [0.717, 1.165) is 38.8 Å². The molecule has 2 aliphatic heterocycles. The average Bonchev–Trinajstić information content (AvgIpc) is 2.93. The third-order valence-electron chi connectivity index (χ3n) is 3.69. The van der Waals surface area contributed by atoms with Gasteiger partial charge in [0.25, 0.3) is 0 Å². The molecule has 110 valence electrons. The van der Waals surface area contributed by atoms with E-state index >= 15 is 0 Å². The van der Waals surface area contributed by atoms with Crippen molar-refractivity contribution in [2.45, 2.75) is 38.9 Å². The Bertz CT molecular complexity index is 279. The van der Waals surface area contributed by atoms with Crippen molar-refractivity contribution in [3.63, 3.8) is 0 Å². The van der Waals surface area contributed by atoms with Gasteiger partial charge in [0.15, 0.2) is 6.29 Å². The number of piperidine rings is 1. The van der Waals surface area contributed by atoms with Gasteiger partial charge in [-0.25, -0.2) is 0 Å². The fourth-order valence-electron chi connectivity index (χ4n) is 2.66. The molecule has 0 aromatic carbocycles. The van der Waals surface area contributed by atoms with Crippen molar-refractivity contribution in [1.29, 1.82) is 0 Å². The second-order valence-corrected chi connectivity index (χ2v) is 5.32. The molecule has 0 aliphatic carbocycles. The maximum Gasteiger partial charge on any atom is 0.320 e. The van der Waals surface area contributed by atoms with Crippen molar-refractivity contribution in [2.24, 2.45) is 5.92 Å². The summed E-state index contributed by atoms with van der Waals surface area (Å²) in [5.41, 5.74) is 0. The summed E-state index contributed by atoms with van der Waals surface area (Å²) in [5, 5.41) is 0. The van der Waals surface area contributed by atoms with Crippen molar-refractivity contribution >= 4 is 5.97 Å². The fraction of sp³-hybridized carbons (Fsp3) is 0.929. The second-order valence-electron chi connectivity index (χ2n) is 5.32. The van der Waals surface area contributed by atoms with Crippen molar-refractivity contribution in [2.75, 3.05) is 39.5 Å². The van der Waals surface area contributed by atoms with Crippen molar-refractivity contribution in [3.8, 4) is 0 Å². The summed E-state index contributed by atoms with van der Waals surface area (Å²) in [4.78, 5) is 13.8. The van der Waals surface area contributed by atoms with Crippen molar-refractivity contribution in [1.82, 2.24) is 4.90 Å². The van der Waals surface area contributed by atoms with Gasteiger partial charge in [0.05, 0.1) is 26.4 Å². The standard InChI is InChI=1S/C14H25NO4/c1-2-3-7-17-13(16)11-15-6-4-5-12(10-15)14-18-8-9-19-14/h12,14H,2-11H2,1H3. The summed E-state index contributed by atoms with van der Waals surface area (Å²) in [5.74, 6) is 0.280. The van der Waals surface area contributed by atoms with Gasteiger partial charge in [0.2, 0.25) is 0 Å². The minimum absolute atomic E-state index is 0.0705. The van der Waals surface area contributed by atoms with E-state index in [2.05, 4.69) is 11.8 Å². The topological polar surface area (TPSA) is 48.0 Å². The summed E-state index contributed by atoms with van der Waals surface area (Å²) in [7, 11) is 0. The van der Waals surface area contributed by atoms with E-state index in [1.807, 2.05) is 0 Å². The Balaban J connectivity index is 1.69. The van der Waals surface area contributed by atoms with Gasteiger partial charge in [0, 0.05) is 12.5 Å². The van der Waals surface area contributed by atoms with E-state index in [9.17, 15) is 4.79 Å². The molecule has 2 saturated heterocycles. The lowest BCUT2D eigenvalue weighted by Gasteiger charge is -2.33. The lowest BCUT2D eigenvalue weighted by Crippen LogP contribution is -2.43. The molecule has 0 radical (unpaired) electrons. The van der Waals surface area contributed by atoms with E-state index < -0.39 is 0 Å². The van der Waals surface area contributed by atoms with Gasteiger partial charge < -0.3 is 14.2 Å². The first-order chi connectivity index (χ1) is 9.29. The van der Waals surface area contributed by atoms with Crippen LogP contribution in [0.4, 0.5) is 0 Å². The van der Waals surface area contributed by atoms with Gasteiger partial charge in [-0.05, 0) is 25.8 Å². The molecule has 0 N–H and O–H groups in total. The van der Waals surface area contributed by atoms with E-state index in [1.54, 1.807) is 0 Å². The number of likely N-dealkylation sites (tertiary alicyclic amines) is 1. The molecule has 19 heavy (non-hydrogen) atoms. The van der Waals surface area contributed by atoms with Crippen LogP contribution in [0.1, 0.15) is 32.6 Å². The van der Waals surface area contributed by atoms with Crippen LogP contribution >= 0.6 is 0 Å². The molecule has 2 rings (SSSR count). The van der Waals surface area contributed by atoms with Gasteiger partial charge >= 0.3 is 5.97 Å². The summed E-state index contributed by atoms with van der Waals surface area (Å²) in [6.07, 6.45) is 4.13. The molecule has 0 spiro atoms. The van der Waals surface area contributed by atoms with E-state index in [0.29, 0.717) is 32.3 Å². The quantitative estimate of drug-likeness (QED) is 0.540. The lowest BCUT2D eigenvalue weighted by molar-refractivity contribution is -0.147. The SMILES string of the molecule is CCCCOC(=O)CN1CCCC(C2OCCO2)C1. The summed E-state index contributed by atoms with van der Waals surface area (Å²) < 4.78 is 16.3. The Morgan fingerprint density at radius 2 is 2.16 bits per heavy atom. The third-order valence-corrected chi connectivity index (χ3v) is 3.69. The summed E-state index contributed by atoms with van der Waals surface area (Å²) in [6.45, 7) is 6.25. The number of carbonyl (C=O) groups excluding carboxylic acids is 1. The molecule has 5 heteroatoms. The molecule has 1 atom stereocenters. The Morgan fingerprint density at radius 1 is 1.37 bits per heavy atom. The molecule has 0 bridgehead atoms. The first kappa shape index (κ1) is 14.8. The van der Waals surface area contributed by atoms with Crippen LogP contribution in [0.3, 0.4) is 0 Å². The predicted molar refractivity (Wildman–Crippen MR) is 70.7 cm³/mol. The average molecular weight is 271 g/mol. The third kappa shape index (κ3) is 4.75. The first-order valence-electron chi connectivity index (χ1n) is 7.40. The number of nitrogens with zero attached hydrogens (tertiary/aromatic N) is 1. The highest BCUT2D eigenvalue weighted by atomic mass is 16.7. The smallest absolute Gasteiger partial charge is 0.320 e.